The summed E-state index contributed by atoms with van der Waals surface area (Å²) < 4.78 is 25.2. The normalized spacial score (nSPS) is 24.1. The van der Waals surface area contributed by atoms with Crippen molar-refractivity contribution >= 4 is 24.0 Å². The number of benzene rings is 1. The Labute approximate surface area is 146 Å². The van der Waals surface area contributed by atoms with Crippen LogP contribution in [0.2, 0.25) is 0 Å². The summed E-state index contributed by atoms with van der Waals surface area (Å²) in [7, 11) is 0. The number of amides is 1. The Morgan fingerprint density at radius 1 is 1.38 bits per heavy atom. The van der Waals surface area contributed by atoms with E-state index in [4.69, 9.17) is 15.2 Å². The molecule has 2 heterocycles. The van der Waals surface area contributed by atoms with Crippen molar-refractivity contribution < 1.29 is 18.7 Å². The van der Waals surface area contributed by atoms with Gasteiger partial charge in [0.15, 0.2) is 0 Å². The molecule has 1 amide bonds. The highest BCUT2D eigenvalue weighted by molar-refractivity contribution is 5.96. The predicted molar refractivity (Wildman–Crippen MR) is 92.0 cm³/mol. The summed E-state index contributed by atoms with van der Waals surface area (Å²) >= 11 is 0. The monoisotopic (exact) mass is 359 g/mol. The van der Waals surface area contributed by atoms with Crippen LogP contribution in [-0.2, 0) is 4.74 Å². The lowest BCUT2D eigenvalue weighted by atomic mass is 10.1. The number of halogens is 2. The second-order valence-corrected chi connectivity index (χ2v) is 5.81. The van der Waals surface area contributed by atoms with Gasteiger partial charge in [-0.25, -0.2) is 4.39 Å². The number of piperidine rings is 1. The molecule has 0 bridgehead atoms. The predicted octanol–water partition coefficient (Wildman–Crippen LogP) is 1.12. The summed E-state index contributed by atoms with van der Waals surface area (Å²) in [5.74, 6) is -0.214. The highest BCUT2D eigenvalue weighted by Gasteiger charge is 2.28. The summed E-state index contributed by atoms with van der Waals surface area (Å²) in [5.41, 5.74) is 6.64. The number of primary amides is 1. The van der Waals surface area contributed by atoms with Crippen molar-refractivity contribution in [2.75, 3.05) is 44.3 Å². The molecule has 0 unspecified atom stereocenters. The number of rotatable bonds is 4. The smallest absolute Gasteiger partial charge is 0.252 e. The molecule has 0 radical (unpaired) electrons. The molecule has 134 valence electrons. The van der Waals surface area contributed by atoms with Gasteiger partial charge in [0, 0.05) is 31.4 Å². The lowest BCUT2D eigenvalue weighted by Gasteiger charge is -2.31. The third kappa shape index (κ3) is 4.28. The summed E-state index contributed by atoms with van der Waals surface area (Å²) in [6.07, 6.45) is -1.10. The van der Waals surface area contributed by atoms with E-state index in [-0.39, 0.29) is 24.5 Å². The molecule has 2 atom stereocenters. The first-order chi connectivity index (χ1) is 11.1. The first-order valence-corrected chi connectivity index (χ1v) is 7.93. The maximum atomic E-state index is 14.0. The van der Waals surface area contributed by atoms with Crippen LogP contribution in [0, 0.1) is 0 Å². The fourth-order valence-electron chi connectivity index (χ4n) is 2.92. The average Bonchev–Trinajstić information content (AvgIpc) is 2.57. The second-order valence-electron chi connectivity index (χ2n) is 5.81. The number of nitrogens with one attached hydrogen (secondary N) is 1. The van der Waals surface area contributed by atoms with E-state index < -0.39 is 18.2 Å². The molecule has 0 spiro atoms. The molecule has 0 aromatic heterocycles. The SMILES string of the molecule is Cl.NC(=O)c1ccc(N2CCOCC2)cc1O[C@@H]1CCNC[C@H]1F. The van der Waals surface area contributed by atoms with Crippen LogP contribution >= 0.6 is 12.4 Å². The molecule has 2 aliphatic rings. The third-order valence-corrected chi connectivity index (χ3v) is 4.23. The van der Waals surface area contributed by atoms with Gasteiger partial charge in [0.05, 0.1) is 18.8 Å². The van der Waals surface area contributed by atoms with Gasteiger partial charge in [-0.2, -0.15) is 0 Å². The highest BCUT2D eigenvalue weighted by Crippen LogP contribution is 2.29. The first kappa shape index (κ1) is 18.8. The van der Waals surface area contributed by atoms with Crippen LogP contribution in [0.15, 0.2) is 18.2 Å². The molecule has 6 nitrogen and oxygen atoms in total. The zero-order chi connectivity index (χ0) is 16.2. The Morgan fingerprint density at radius 3 is 2.79 bits per heavy atom. The van der Waals surface area contributed by atoms with Gasteiger partial charge >= 0.3 is 0 Å². The lowest BCUT2D eigenvalue weighted by Crippen LogP contribution is -2.44. The lowest BCUT2D eigenvalue weighted by molar-refractivity contribution is 0.0713. The number of alkyl halides is 1. The molecule has 1 aromatic rings. The van der Waals surface area contributed by atoms with Gasteiger partial charge in [0.25, 0.3) is 5.91 Å². The van der Waals surface area contributed by atoms with Crippen LogP contribution in [0.3, 0.4) is 0 Å². The van der Waals surface area contributed by atoms with Gasteiger partial charge in [-0.1, -0.05) is 0 Å². The standard InChI is InChI=1S/C16H22FN3O3.ClH/c17-13-10-19-4-3-14(13)23-15-9-11(1-2-12(15)16(18)21)20-5-7-22-8-6-20;/h1-2,9,13-14,19H,3-8,10H2,(H2,18,21);1H/t13-,14-;/m1./s1. The maximum absolute atomic E-state index is 14.0. The molecule has 2 aliphatic heterocycles. The molecule has 3 N–H and O–H groups in total. The zero-order valence-corrected chi connectivity index (χ0v) is 14.2. The van der Waals surface area contributed by atoms with Gasteiger partial charge in [0.2, 0.25) is 0 Å². The van der Waals surface area contributed by atoms with Crippen molar-refractivity contribution in [2.24, 2.45) is 5.73 Å². The molecule has 0 saturated carbocycles. The van der Waals surface area contributed by atoms with Crippen LogP contribution in [-0.4, -0.2) is 57.6 Å². The minimum atomic E-state index is -1.10. The van der Waals surface area contributed by atoms with Crippen LogP contribution in [0.25, 0.3) is 0 Å². The molecule has 24 heavy (non-hydrogen) atoms. The fraction of sp³-hybridized carbons (Fsp3) is 0.562. The maximum Gasteiger partial charge on any atom is 0.252 e. The van der Waals surface area contributed by atoms with Gasteiger partial charge in [-0.15, -0.1) is 12.4 Å². The number of nitrogens with zero attached hydrogens (tertiary/aromatic N) is 1. The van der Waals surface area contributed by atoms with Crippen LogP contribution in [0.1, 0.15) is 16.8 Å². The van der Waals surface area contributed by atoms with E-state index in [0.29, 0.717) is 31.9 Å². The Morgan fingerprint density at radius 2 is 2.12 bits per heavy atom. The van der Waals surface area contributed by atoms with Crippen molar-refractivity contribution in [2.45, 2.75) is 18.7 Å². The summed E-state index contributed by atoms with van der Waals surface area (Å²) in [6.45, 7) is 3.83. The summed E-state index contributed by atoms with van der Waals surface area (Å²) in [5, 5.41) is 2.98. The Hall–Kier alpha value is -1.57. The van der Waals surface area contributed by atoms with Gasteiger partial charge in [-0.05, 0) is 25.1 Å². The van der Waals surface area contributed by atoms with Crippen molar-refractivity contribution in [3.05, 3.63) is 23.8 Å². The number of hydrogen-bond donors (Lipinski definition) is 2. The molecular weight excluding hydrogens is 337 g/mol. The number of nitrogens with two attached hydrogens (primary N) is 1. The van der Waals surface area contributed by atoms with Crippen LogP contribution < -0.4 is 20.7 Å². The average molecular weight is 360 g/mol. The van der Waals surface area contributed by atoms with Gasteiger partial charge < -0.3 is 25.4 Å². The minimum Gasteiger partial charge on any atom is -0.486 e. The van der Waals surface area contributed by atoms with E-state index in [9.17, 15) is 9.18 Å². The first-order valence-electron chi connectivity index (χ1n) is 7.93. The zero-order valence-electron chi connectivity index (χ0n) is 13.4. The van der Waals surface area contributed by atoms with Crippen molar-refractivity contribution in [1.29, 1.82) is 0 Å². The number of morpholine rings is 1. The second kappa shape index (κ2) is 8.50. The van der Waals surface area contributed by atoms with Crippen molar-refractivity contribution in [1.82, 2.24) is 5.32 Å². The number of anilines is 1. The fourth-order valence-corrected chi connectivity index (χ4v) is 2.92. The molecule has 2 saturated heterocycles. The van der Waals surface area contributed by atoms with Crippen molar-refractivity contribution in [3.8, 4) is 5.75 Å². The minimum absolute atomic E-state index is 0. The van der Waals surface area contributed by atoms with Gasteiger partial charge in [0.1, 0.15) is 18.0 Å². The molecular formula is C16H23ClFN3O3. The largest absolute Gasteiger partial charge is 0.486 e. The topological polar surface area (TPSA) is 76.8 Å². The Kier molecular flexibility index (Phi) is 6.65. The summed E-state index contributed by atoms with van der Waals surface area (Å²) in [4.78, 5) is 13.8. The molecule has 8 heteroatoms. The number of carbonyl (C=O) groups is 1. The molecule has 3 rings (SSSR count). The Bertz CT molecular complexity index is 569. The molecule has 0 aliphatic carbocycles. The number of carbonyl (C=O) groups excluding carboxylic acids is 1. The van der Waals surface area contributed by atoms with Crippen molar-refractivity contribution in [3.63, 3.8) is 0 Å². The highest BCUT2D eigenvalue weighted by atomic mass is 35.5. The Balaban J connectivity index is 0.00000208. The number of hydrogen-bond acceptors (Lipinski definition) is 5. The van der Waals surface area contributed by atoms with Crippen LogP contribution in [0.4, 0.5) is 10.1 Å². The number of ether oxygens (including phenoxy) is 2. The van der Waals surface area contributed by atoms with E-state index in [1.165, 1.54) is 0 Å². The molecule has 2 fully saturated rings. The van der Waals surface area contributed by atoms with E-state index in [1.807, 2.05) is 6.07 Å². The van der Waals surface area contributed by atoms with E-state index in [2.05, 4.69) is 10.2 Å². The van der Waals surface area contributed by atoms with E-state index >= 15 is 0 Å². The van der Waals surface area contributed by atoms with Crippen LogP contribution in [0.5, 0.6) is 5.75 Å². The summed E-state index contributed by atoms with van der Waals surface area (Å²) in [6, 6.07) is 5.27. The van der Waals surface area contributed by atoms with E-state index in [0.717, 1.165) is 18.8 Å². The molecule has 1 aromatic carbocycles. The third-order valence-electron chi connectivity index (χ3n) is 4.23. The van der Waals surface area contributed by atoms with Gasteiger partial charge in [-0.3, -0.25) is 4.79 Å². The van der Waals surface area contributed by atoms with E-state index in [1.54, 1.807) is 12.1 Å². The quantitative estimate of drug-likeness (QED) is 0.842.